The van der Waals surface area contributed by atoms with Crippen molar-refractivity contribution in [2.75, 3.05) is 31.1 Å². The van der Waals surface area contributed by atoms with E-state index in [9.17, 15) is 23.1 Å². The Morgan fingerprint density at radius 1 is 0.953 bits per heavy atom. The molecule has 1 aromatic heterocycles. The monoisotopic (exact) mass is 643 g/mol. The van der Waals surface area contributed by atoms with Crippen molar-refractivity contribution in [1.29, 1.82) is 0 Å². The summed E-state index contributed by atoms with van der Waals surface area (Å²) in [6.07, 6.45) is 1.53. The molecule has 1 saturated heterocycles. The van der Waals surface area contributed by atoms with E-state index in [4.69, 9.17) is 23.2 Å². The summed E-state index contributed by atoms with van der Waals surface area (Å²) in [5.74, 6) is 4.22. The van der Waals surface area contributed by atoms with Gasteiger partial charge in [-0.15, -0.1) is 0 Å². The van der Waals surface area contributed by atoms with Crippen molar-refractivity contribution >= 4 is 51.0 Å². The highest BCUT2D eigenvalue weighted by molar-refractivity contribution is 7.87. The zero-order valence-corrected chi connectivity index (χ0v) is 25.9. The molecule has 0 saturated carbocycles. The zero-order valence-electron chi connectivity index (χ0n) is 23.5. The molecule has 2 heterocycles. The van der Waals surface area contributed by atoms with Gasteiger partial charge >= 0.3 is 5.97 Å². The van der Waals surface area contributed by atoms with Crippen molar-refractivity contribution in [3.8, 4) is 11.8 Å². The Bertz CT molecular complexity index is 1650. The molecule has 3 N–H and O–H groups in total. The maximum Gasteiger partial charge on any atom is 0.322 e. The number of halogens is 2. The van der Waals surface area contributed by atoms with Gasteiger partial charge in [0.05, 0.1) is 10.0 Å². The second-order valence-electron chi connectivity index (χ2n) is 10.2. The summed E-state index contributed by atoms with van der Waals surface area (Å²) in [6, 6.07) is 14.9. The van der Waals surface area contributed by atoms with Gasteiger partial charge in [-0.3, -0.25) is 14.6 Å². The Hall–Kier alpha value is -3.66. The van der Waals surface area contributed by atoms with E-state index in [1.54, 1.807) is 44.2 Å². The minimum atomic E-state index is -3.93. The summed E-state index contributed by atoms with van der Waals surface area (Å²) >= 11 is 12.0. The van der Waals surface area contributed by atoms with Crippen LogP contribution in [0.15, 0.2) is 60.8 Å². The molecule has 0 spiro atoms. The summed E-state index contributed by atoms with van der Waals surface area (Å²) in [5, 5.41) is 13.0. The number of aromatic nitrogens is 1. The lowest BCUT2D eigenvalue weighted by Crippen LogP contribution is -2.55. The van der Waals surface area contributed by atoms with Gasteiger partial charge in [0.2, 0.25) is 0 Å². The molecule has 1 amide bonds. The number of nitrogens with one attached hydrogen (secondary N) is 2. The van der Waals surface area contributed by atoms with Gasteiger partial charge in [0.1, 0.15) is 11.7 Å². The summed E-state index contributed by atoms with van der Waals surface area (Å²) in [4.78, 5) is 30.3. The third-order valence-corrected chi connectivity index (χ3v) is 9.14. The Kier molecular flexibility index (Phi) is 10.7. The quantitative estimate of drug-likeness (QED) is 0.302. The molecular weight excluding hydrogens is 613 g/mol. The third kappa shape index (κ3) is 8.69. The minimum absolute atomic E-state index is 0.229. The van der Waals surface area contributed by atoms with Crippen LogP contribution in [0.4, 0.5) is 5.69 Å². The Morgan fingerprint density at radius 2 is 1.63 bits per heavy atom. The van der Waals surface area contributed by atoms with Gasteiger partial charge in [-0.1, -0.05) is 55.0 Å². The van der Waals surface area contributed by atoms with Crippen LogP contribution < -0.4 is 14.9 Å². The number of anilines is 1. The zero-order chi connectivity index (χ0) is 31.1. The number of benzene rings is 2. The molecule has 1 fully saturated rings. The number of pyridine rings is 1. The van der Waals surface area contributed by atoms with Gasteiger partial charge in [-0.05, 0) is 60.0 Å². The molecule has 1 aliphatic heterocycles. The molecule has 4 rings (SSSR count). The summed E-state index contributed by atoms with van der Waals surface area (Å²) in [7, 11) is -3.93. The van der Waals surface area contributed by atoms with E-state index >= 15 is 0 Å². The number of hydrogen-bond donors (Lipinski definition) is 3. The first-order valence-electron chi connectivity index (χ1n) is 13.5. The van der Waals surface area contributed by atoms with Crippen LogP contribution in [0, 0.1) is 17.8 Å². The van der Waals surface area contributed by atoms with Crippen LogP contribution in [0.1, 0.15) is 41.0 Å². The predicted molar refractivity (Wildman–Crippen MR) is 166 cm³/mol. The molecule has 10 nitrogen and oxygen atoms in total. The van der Waals surface area contributed by atoms with Crippen LogP contribution in [0.25, 0.3) is 0 Å². The molecular formula is C30H31Cl2N5O5S. The summed E-state index contributed by atoms with van der Waals surface area (Å²) in [6.45, 7) is 4.95. The van der Waals surface area contributed by atoms with Crippen LogP contribution in [0.3, 0.4) is 0 Å². The SMILES string of the molecule is CC(C)[C@@H](NS(=O)(=O)N1CCN(c2ccc(C#Cc3ccnc(C(=O)NCc4ccc(Cl)c(Cl)c4)c3)cc2)CC1)C(=O)O. The number of hydrogen-bond acceptors (Lipinski definition) is 6. The fourth-order valence-electron chi connectivity index (χ4n) is 4.35. The van der Waals surface area contributed by atoms with Gasteiger partial charge < -0.3 is 15.3 Å². The molecule has 0 bridgehead atoms. The van der Waals surface area contributed by atoms with Crippen molar-refractivity contribution in [2.24, 2.45) is 5.92 Å². The average molecular weight is 645 g/mol. The minimum Gasteiger partial charge on any atom is -0.480 e. The molecule has 0 radical (unpaired) electrons. The van der Waals surface area contributed by atoms with E-state index in [-0.39, 0.29) is 37.2 Å². The Balaban J connectivity index is 1.32. The van der Waals surface area contributed by atoms with Gasteiger partial charge in [0, 0.05) is 55.7 Å². The highest BCUT2D eigenvalue weighted by Crippen LogP contribution is 2.22. The number of carboxylic acid groups (broad SMARTS) is 1. The highest BCUT2D eigenvalue weighted by Gasteiger charge is 2.33. The van der Waals surface area contributed by atoms with Crippen LogP contribution in [0.5, 0.6) is 0 Å². The van der Waals surface area contributed by atoms with Gasteiger partial charge in [-0.25, -0.2) is 0 Å². The van der Waals surface area contributed by atoms with Crippen molar-refractivity contribution in [2.45, 2.75) is 26.4 Å². The molecule has 13 heteroatoms. The number of rotatable bonds is 9. The molecule has 0 aliphatic carbocycles. The third-order valence-electron chi connectivity index (χ3n) is 6.80. The Morgan fingerprint density at radius 3 is 2.26 bits per heavy atom. The number of aliphatic carboxylic acids is 1. The van der Waals surface area contributed by atoms with E-state index in [0.717, 1.165) is 16.8 Å². The van der Waals surface area contributed by atoms with Crippen molar-refractivity contribution in [3.05, 3.63) is 93.2 Å². The fourth-order valence-corrected chi connectivity index (χ4v) is 6.16. The second-order valence-corrected chi connectivity index (χ2v) is 12.7. The lowest BCUT2D eigenvalue weighted by molar-refractivity contribution is -0.140. The van der Waals surface area contributed by atoms with Crippen LogP contribution in [-0.4, -0.2) is 66.9 Å². The van der Waals surface area contributed by atoms with Gasteiger partial charge in [0.25, 0.3) is 16.1 Å². The van der Waals surface area contributed by atoms with E-state index in [1.165, 1.54) is 10.5 Å². The maximum atomic E-state index is 12.7. The first-order valence-corrected chi connectivity index (χ1v) is 15.7. The average Bonchev–Trinajstić information content (AvgIpc) is 2.99. The van der Waals surface area contributed by atoms with Crippen LogP contribution in [-0.2, 0) is 21.5 Å². The van der Waals surface area contributed by atoms with Crippen molar-refractivity contribution in [3.63, 3.8) is 0 Å². The molecule has 0 unspecified atom stereocenters. The number of carbonyl (C=O) groups excluding carboxylic acids is 1. The molecule has 2 aromatic carbocycles. The van der Waals surface area contributed by atoms with Gasteiger partial charge in [0.15, 0.2) is 0 Å². The highest BCUT2D eigenvalue weighted by atomic mass is 35.5. The summed E-state index contributed by atoms with van der Waals surface area (Å²) < 4.78 is 29.1. The lowest BCUT2D eigenvalue weighted by atomic mass is 10.1. The smallest absolute Gasteiger partial charge is 0.322 e. The molecule has 43 heavy (non-hydrogen) atoms. The van der Waals surface area contributed by atoms with Crippen molar-refractivity contribution < 1.29 is 23.1 Å². The first-order chi connectivity index (χ1) is 20.4. The Labute approximate surface area is 261 Å². The standard InChI is InChI=1S/C30H31Cl2N5O5S/c1-20(2)28(30(39)40)35-43(41,42)37-15-13-36(14-16-37)24-8-5-21(6-9-24)3-4-22-11-12-33-27(18-22)29(38)34-19-23-7-10-25(31)26(32)17-23/h5-12,17-18,20,28,35H,13-16,19H2,1-2H3,(H,34,38)(H,39,40)/t28-/m1/s1. The molecule has 3 aromatic rings. The van der Waals surface area contributed by atoms with Crippen LogP contribution in [0.2, 0.25) is 10.0 Å². The maximum absolute atomic E-state index is 12.7. The number of carbonyl (C=O) groups is 2. The lowest BCUT2D eigenvalue weighted by Gasteiger charge is -2.36. The molecule has 226 valence electrons. The van der Waals surface area contributed by atoms with E-state index in [2.05, 4.69) is 31.8 Å². The van der Waals surface area contributed by atoms with E-state index in [1.807, 2.05) is 24.3 Å². The number of piperazine rings is 1. The van der Waals surface area contributed by atoms with Gasteiger partial charge in [-0.2, -0.15) is 17.4 Å². The van der Waals surface area contributed by atoms with Crippen molar-refractivity contribution in [1.82, 2.24) is 19.3 Å². The van der Waals surface area contributed by atoms with E-state index < -0.39 is 22.2 Å². The number of carboxylic acids is 1. The van der Waals surface area contributed by atoms with Crippen LogP contribution >= 0.6 is 23.2 Å². The first kappa shape index (κ1) is 32.3. The summed E-state index contributed by atoms with van der Waals surface area (Å²) in [5.41, 5.74) is 3.37. The molecule has 1 aliphatic rings. The van der Waals surface area contributed by atoms with E-state index in [0.29, 0.717) is 28.7 Å². The topological polar surface area (TPSA) is 132 Å². The fraction of sp³-hybridized carbons (Fsp3) is 0.300. The predicted octanol–water partition coefficient (Wildman–Crippen LogP) is 3.78. The number of nitrogens with zero attached hydrogens (tertiary/aromatic N) is 3. The second kappa shape index (κ2) is 14.2. The molecule has 1 atom stereocenters. The normalized spacial score (nSPS) is 14.6. The number of amides is 1. The largest absolute Gasteiger partial charge is 0.480 e.